The van der Waals surface area contributed by atoms with Crippen LogP contribution in [0.5, 0.6) is 0 Å². The maximum absolute atomic E-state index is 12.4. The number of aromatic nitrogens is 4. The number of carbonyl (C=O) groups is 1. The Labute approximate surface area is 163 Å². The summed E-state index contributed by atoms with van der Waals surface area (Å²) in [6.45, 7) is 1.94. The molecule has 4 rings (SSSR count). The highest BCUT2D eigenvalue weighted by molar-refractivity contribution is 7.99. The molecule has 0 bridgehead atoms. The fraction of sp³-hybridized carbons (Fsp3) is 0.450. The van der Waals surface area contributed by atoms with Crippen LogP contribution in [-0.2, 0) is 18.3 Å². The Hall–Kier alpha value is -2.28. The van der Waals surface area contributed by atoms with Gasteiger partial charge in [0.2, 0.25) is 5.91 Å². The lowest BCUT2D eigenvalue weighted by Gasteiger charge is -2.28. The number of aromatic amines is 1. The predicted molar refractivity (Wildman–Crippen MR) is 108 cm³/mol. The Bertz CT molecular complexity index is 939. The molecule has 2 heterocycles. The third-order valence-electron chi connectivity index (χ3n) is 5.12. The van der Waals surface area contributed by atoms with E-state index in [9.17, 15) is 4.79 Å². The predicted octanol–water partition coefficient (Wildman–Crippen LogP) is 3.37. The summed E-state index contributed by atoms with van der Waals surface area (Å²) in [7, 11) is 2.03. The van der Waals surface area contributed by atoms with Crippen molar-refractivity contribution in [1.82, 2.24) is 24.8 Å². The number of nitrogens with zero attached hydrogens (tertiary/aromatic N) is 3. The highest BCUT2D eigenvalue weighted by atomic mass is 32.2. The van der Waals surface area contributed by atoms with E-state index in [1.54, 1.807) is 0 Å². The highest BCUT2D eigenvalue weighted by Gasteiger charge is 2.24. The lowest BCUT2D eigenvalue weighted by molar-refractivity contribution is -0.121. The van der Waals surface area contributed by atoms with E-state index in [0.29, 0.717) is 11.7 Å². The third kappa shape index (κ3) is 4.35. The maximum Gasteiger partial charge on any atom is 0.224 e. The van der Waals surface area contributed by atoms with E-state index in [0.717, 1.165) is 53.3 Å². The maximum atomic E-state index is 12.4. The van der Waals surface area contributed by atoms with Gasteiger partial charge >= 0.3 is 0 Å². The lowest BCUT2D eigenvalue weighted by Crippen LogP contribution is -2.38. The van der Waals surface area contributed by atoms with Gasteiger partial charge in [-0.1, -0.05) is 17.8 Å². The number of aryl methyl sites for hydroxylation is 2. The largest absolute Gasteiger partial charge is 0.353 e. The van der Waals surface area contributed by atoms with Crippen molar-refractivity contribution in [2.75, 3.05) is 0 Å². The number of amides is 1. The monoisotopic (exact) mass is 383 g/mol. The van der Waals surface area contributed by atoms with Crippen molar-refractivity contribution in [3.63, 3.8) is 0 Å². The average Bonchev–Trinajstić information content (AvgIpc) is 3.21. The Kier molecular flexibility index (Phi) is 5.20. The van der Waals surface area contributed by atoms with Crippen molar-refractivity contribution in [3.8, 4) is 0 Å². The van der Waals surface area contributed by atoms with Crippen LogP contribution in [-0.4, -0.2) is 36.7 Å². The zero-order chi connectivity index (χ0) is 18.8. The molecule has 0 radical (unpaired) electrons. The molecule has 1 fully saturated rings. The van der Waals surface area contributed by atoms with Gasteiger partial charge in [0.1, 0.15) is 5.82 Å². The van der Waals surface area contributed by atoms with E-state index in [1.807, 2.05) is 56.3 Å². The van der Waals surface area contributed by atoms with E-state index in [4.69, 9.17) is 0 Å². The first kappa shape index (κ1) is 18.1. The Morgan fingerprint density at radius 3 is 2.89 bits per heavy atom. The number of H-pyrrole nitrogens is 1. The highest BCUT2D eigenvalue weighted by Crippen LogP contribution is 2.32. The Morgan fingerprint density at radius 1 is 1.33 bits per heavy atom. The number of thioether (sulfide) groups is 1. The minimum absolute atomic E-state index is 0.103. The molecule has 0 aliphatic heterocycles. The first-order chi connectivity index (χ1) is 13.1. The average molecular weight is 384 g/mol. The number of nitrogens with one attached hydrogen (secondary N) is 2. The number of hydrogen-bond acceptors (Lipinski definition) is 4. The SMILES string of the molecule is Cc1nc2ccc(CC(=O)NC3CCC(Sc4nccn4C)CC3)cc2[nH]1. The van der Waals surface area contributed by atoms with Gasteiger partial charge in [-0.3, -0.25) is 4.79 Å². The molecule has 1 aliphatic carbocycles. The summed E-state index contributed by atoms with van der Waals surface area (Å²) in [6.07, 6.45) is 8.53. The standard InChI is InChI=1S/C20H25N5OS/c1-13-22-17-8-3-14(11-18(17)23-13)12-19(26)24-15-4-6-16(7-5-15)27-20-21-9-10-25(20)2/h3,8-11,15-16H,4-7,12H2,1-2H3,(H,22,23)(H,24,26). The Balaban J connectivity index is 1.27. The molecule has 2 N–H and O–H groups in total. The lowest BCUT2D eigenvalue weighted by atomic mass is 9.94. The number of benzene rings is 1. The summed E-state index contributed by atoms with van der Waals surface area (Å²) in [5, 5.41) is 4.88. The zero-order valence-electron chi connectivity index (χ0n) is 15.7. The summed E-state index contributed by atoms with van der Waals surface area (Å²) in [5.41, 5.74) is 2.95. The van der Waals surface area contributed by atoms with Gasteiger partial charge in [-0.05, 0) is 50.3 Å². The topological polar surface area (TPSA) is 75.6 Å². The minimum atomic E-state index is 0.103. The van der Waals surface area contributed by atoms with E-state index in [-0.39, 0.29) is 11.9 Å². The molecule has 1 aliphatic rings. The second-order valence-corrected chi connectivity index (χ2v) is 8.60. The van der Waals surface area contributed by atoms with Crippen LogP contribution in [0, 0.1) is 6.92 Å². The van der Waals surface area contributed by atoms with Crippen molar-refractivity contribution >= 4 is 28.7 Å². The molecule has 142 valence electrons. The fourth-order valence-electron chi connectivity index (χ4n) is 3.70. The summed E-state index contributed by atoms with van der Waals surface area (Å²) in [6, 6.07) is 6.27. The molecule has 3 aromatic rings. The quantitative estimate of drug-likeness (QED) is 0.708. The molecule has 7 heteroatoms. The number of fused-ring (bicyclic) bond motifs is 1. The van der Waals surface area contributed by atoms with Crippen molar-refractivity contribution in [1.29, 1.82) is 0 Å². The van der Waals surface area contributed by atoms with Crippen molar-refractivity contribution in [2.24, 2.45) is 7.05 Å². The molecule has 1 amide bonds. The normalized spacial score (nSPS) is 20.1. The van der Waals surface area contributed by atoms with Crippen molar-refractivity contribution in [3.05, 3.63) is 42.0 Å². The summed E-state index contributed by atoms with van der Waals surface area (Å²) in [4.78, 5) is 24.5. The molecule has 2 aromatic heterocycles. The second kappa shape index (κ2) is 7.76. The number of imidazole rings is 2. The molecule has 6 nitrogen and oxygen atoms in total. The van der Waals surface area contributed by atoms with Crippen molar-refractivity contribution < 1.29 is 4.79 Å². The van der Waals surface area contributed by atoms with Crippen LogP contribution in [0.2, 0.25) is 0 Å². The summed E-state index contributed by atoms with van der Waals surface area (Å²) >= 11 is 1.85. The second-order valence-electron chi connectivity index (χ2n) is 7.33. The van der Waals surface area contributed by atoms with Gasteiger partial charge in [0.25, 0.3) is 0 Å². The van der Waals surface area contributed by atoms with Gasteiger partial charge in [0, 0.05) is 30.7 Å². The summed E-state index contributed by atoms with van der Waals surface area (Å²) < 4.78 is 2.07. The Morgan fingerprint density at radius 2 is 2.15 bits per heavy atom. The van der Waals surface area contributed by atoms with Gasteiger partial charge in [-0.2, -0.15) is 0 Å². The molecule has 27 heavy (non-hydrogen) atoms. The molecular formula is C20H25N5OS. The van der Waals surface area contributed by atoms with Gasteiger partial charge in [-0.25, -0.2) is 9.97 Å². The molecule has 0 unspecified atom stereocenters. The molecule has 1 saturated carbocycles. The van der Waals surface area contributed by atoms with E-state index >= 15 is 0 Å². The third-order valence-corrected chi connectivity index (χ3v) is 6.53. The molecule has 0 spiro atoms. The van der Waals surface area contributed by atoms with Crippen molar-refractivity contribution in [2.45, 2.75) is 55.5 Å². The molecule has 0 saturated heterocycles. The van der Waals surface area contributed by atoms with E-state index < -0.39 is 0 Å². The van der Waals surface area contributed by atoms with Gasteiger partial charge < -0.3 is 14.9 Å². The van der Waals surface area contributed by atoms with Crippen LogP contribution in [0.4, 0.5) is 0 Å². The van der Waals surface area contributed by atoms with E-state index in [2.05, 4.69) is 24.8 Å². The minimum Gasteiger partial charge on any atom is -0.353 e. The fourth-order valence-corrected chi connectivity index (χ4v) is 4.85. The van der Waals surface area contributed by atoms with Gasteiger partial charge in [0.15, 0.2) is 5.16 Å². The first-order valence-corrected chi connectivity index (χ1v) is 10.3. The molecule has 0 atom stereocenters. The smallest absolute Gasteiger partial charge is 0.224 e. The summed E-state index contributed by atoms with van der Waals surface area (Å²) in [5.74, 6) is 0.998. The number of carbonyl (C=O) groups excluding carboxylic acids is 1. The van der Waals surface area contributed by atoms with Crippen LogP contribution in [0.25, 0.3) is 11.0 Å². The van der Waals surface area contributed by atoms with E-state index in [1.165, 1.54) is 0 Å². The molecular weight excluding hydrogens is 358 g/mol. The van der Waals surface area contributed by atoms with Crippen LogP contribution in [0.15, 0.2) is 35.7 Å². The molecule has 1 aromatic carbocycles. The number of rotatable bonds is 5. The van der Waals surface area contributed by atoms with Crippen LogP contribution in [0.3, 0.4) is 0 Å². The van der Waals surface area contributed by atoms with Crippen LogP contribution < -0.4 is 5.32 Å². The zero-order valence-corrected chi connectivity index (χ0v) is 16.6. The van der Waals surface area contributed by atoms with Crippen LogP contribution in [0.1, 0.15) is 37.1 Å². The number of hydrogen-bond donors (Lipinski definition) is 2. The van der Waals surface area contributed by atoms with Gasteiger partial charge in [-0.15, -0.1) is 0 Å². The first-order valence-electron chi connectivity index (χ1n) is 9.45. The van der Waals surface area contributed by atoms with Crippen LogP contribution >= 0.6 is 11.8 Å². The van der Waals surface area contributed by atoms with Gasteiger partial charge in [0.05, 0.1) is 17.5 Å².